The van der Waals surface area contributed by atoms with Crippen LogP contribution in [0.3, 0.4) is 0 Å². The van der Waals surface area contributed by atoms with E-state index in [-0.39, 0.29) is 21.6 Å². The first kappa shape index (κ1) is 20.1. The highest BCUT2D eigenvalue weighted by molar-refractivity contribution is 7.87. The average Bonchev–Trinajstić information content (AvgIpc) is 2.63. The van der Waals surface area contributed by atoms with Crippen LogP contribution in [0.5, 0.6) is 0 Å². The summed E-state index contributed by atoms with van der Waals surface area (Å²) >= 11 is 0. The van der Waals surface area contributed by atoms with Crippen molar-refractivity contribution in [2.75, 3.05) is 18.0 Å². The first-order valence-corrected chi connectivity index (χ1v) is 9.64. The zero-order valence-electron chi connectivity index (χ0n) is 14.8. The van der Waals surface area contributed by atoms with Crippen LogP contribution >= 0.6 is 0 Å². The number of benzene rings is 2. The fourth-order valence-electron chi connectivity index (χ4n) is 3.11. The van der Waals surface area contributed by atoms with Crippen molar-refractivity contribution >= 4 is 38.4 Å². The summed E-state index contributed by atoms with van der Waals surface area (Å²) in [7, 11) is -6.19. The van der Waals surface area contributed by atoms with Gasteiger partial charge in [0.15, 0.2) is 0 Å². The molecule has 7 nitrogen and oxygen atoms in total. The van der Waals surface area contributed by atoms with Gasteiger partial charge in [0.1, 0.15) is 0 Å². The van der Waals surface area contributed by atoms with Gasteiger partial charge < -0.3 is 4.90 Å². The highest BCUT2D eigenvalue weighted by Crippen LogP contribution is 2.37. The quantitative estimate of drug-likeness (QED) is 0.550. The highest BCUT2D eigenvalue weighted by Gasteiger charge is 2.51. The van der Waals surface area contributed by atoms with E-state index < -0.39 is 27.4 Å². The van der Waals surface area contributed by atoms with Crippen molar-refractivity contribution in [2.45, 2.75) is 19.4 Å². The summed E-state index contributed by atoms with van der Waals surface area (Å²) in [6.45, 7) is 5.14. The lowest BCUT2D eigenvalue weighted by atomic mass is 9.93. The Morgan fingerprint density at radius 3 is 2.11 bits per heavy atom. The van der Waals surface area contributed by atoms with Crippen molar-refractivity contribution < 1.29 is 35.5 Å². The SMILES string of the molecule is CCN(CC)c1ccc2c3c(cccc13)C(=O)N(OS(=O)(=O)C(F)(F)F)C2=O. The topological polar surface area (TPSA) is 84.0 Å². The third-order valence-electron chi connectivity index (χ3n) is 4.41. The molecule has 0 saturated heterocycles. The van der Waals surface area contributed by atoms with Gasteiger partial charge in [0.25, 0.3) is 11.8 Å². The minimum absolute atomic E-state index is 0.126. The number of carbonyl (C=O) groups excluding carboxylic acids is 2. The fraction of sp³-hybridized carbons (Fsp3) is 0.294. The Bertz CT molecular complexity index is 1060. The van der Waals surface area contributed by atoms with E-state index in [1.165, 1.54) is 18.2 Å². The molecule has 0 N–H and O–H groups in total. The van der Waals surface area contributed by atoms with E-state index in [4.69, 9.17) is 0 Å². The maximum Gasteiger partial charge on any atom is 0.525 e. The van der Waals surface area contributed by atoms with E-state index >= 15 is 0 Å². The molecule has 2 amide bonds. The lowest BCUT2D eigenvalue weighted by molar-refractivity contribution is -0.0761. The predicted molar refractivity (Wildman–Crippen MR) is 94.1 cm³/mol. The second-order valence-corrected chi connectivity index (χ2v) is 7.43. The number of hydroxylamine groups is 2. The van der Waals surface area contributed by atoms with Gasteiger partial charge in [-0.05, 0) is 32.0 Å². The summed E-state index contributed by atoms with van der Waals surface area (Å²) in [5.41, 5.74) is -5.30. The second kappa shape index (κ2) is 6.74. The molecule has 2 aromatic rings. The molecule has 1 aliphatic rings. The molecule has 150 valence electrons. The molecule has 28 heavy (non-hydrogen) atoms. The van der Waals surface area contributed by atoms with Crippen molar-refractivity contribution in [2.24, 2.45) is 0 Å². The molecule has 2 aromatic carbocycles. The molecule has 0 unspecified atom stereocenters. The van der Waals surface area contributed by atoms with Crippen molar-refractivity contribution in [3.8, 4) is 0 Å². The zero-order chi connectivity index (χ0) is 20.9. The van der Waals surface area contributed by atoms with Gasteiger partial charge in [0, 0.05) is 29.5 Å². The summed E-state index contributed by atoms with van der Waals surface area (Å²) in [5, 5.41) is 0.432. The van der Waals surface area contributed by atoms with Crippen LogP contribution in [0.15, 0.2) is 30.3 Å². The third kappa shape index (κ3) is 3.00. The molecular formula is C17H15F3N2O5S. The Morgan fingerprint density at radius 2 is 1.57 bits per heavy atom. The molecule has 0 spiro atoms. The molecule has 1 aliphatic heterocycles. The molecule has 0 saturated carbocycles. The van der Waals surface area contributed by atoms with Gasteiger partial charge in [-0.25, -0.2) is 0 Å². The summed E-state index contributed by atoms with van der Waals surface area (Å²) in [5.74, 6) is -2.57. The smallest absolute Gasteiger partial charge is 0.372 e. The van der Waals surface area contributed by atoms with E-state index in [0.717, 1.165) is 5.69 Å². The van der Waals surface area contributed by atoms with Gasteiger partial charge in [0.2, 0.25) is 0 Å². The van der Waals surface area contributed by atoms with Crippen LogP contribution in [0.2, 0.25) is 0 Å². The summed E-state index contributed by atoms with van der Waals surface area (Å²) in [4.78, 5) is 27.1. The maximum absolute atomic E-state index is 12.6. The first-order valence-electron chi connectivity index (χ1n) is 8.23. The van der Waals surface area contributed by atoms with Crippen molar-refractivity contribution in [1.29, 1.82) is 0 Å². The van der Waals surface area contributed by atoms with Crippen LogP contribution in [0, 0.1) is 0 Å². The Kier molecular flexibility index (Phi) is 4.84. The number of hydrogen-bond donors (Lipinski definition) is 0. The zero-order valence-corrected chi connectivity index (χ0v) is 15.6. The van der Waals surface area contributed by atoms with E-state index in [9.17, 15) is 31.2 Å². The van der Waals surface area contributed by atoms with Gasteiger partial charge in [-0.1, -0.05) is 12.1 Å². The van der Waals surface area contributed by atoms with Crippen molar-refractivity contribution in [1.82, 2.24) is 5.06 Å². The van der Waals surface area contributed by atoms with E-state index in [0.29, 0.717) is 18.5 Å². The van der Waals surface area contributed by atoms with Gasteiger partial charge in [-0.3, -0.25) is 9.59 Å². The molecule has 0 aromatic heterocycles. The van der Waals surface area contributed by atoms with Gasteiger partial charge >= 0.3 is 15.6 Å². The van der Waals surface area contributed by atoms with E-state index in [1.807, 2.05) is 18.7 Å². The molecule has 0 fully saturated rings. The number of anilines is 1. The third-order valence-corrected chi connectivity index (χ3v) is 5.32. The van der Waals surface area contributed by atoms with Crippen LogP contribution in [0.4, 0.5) is 18.9 Å². The Labute approximate surface area is 158 Å². The Hall–Kier alpha value is -2.66. The van der Waals surface area contributed by atoms with Crippen LogP contribution in [-0.2, 0) is 14.4 Å². The maximum atomic E-state index is 12.6. The molecule has 1 heterocycles. The molecule has 0 atom stereocenters. The lowest BCUT2D eigenvalue weighted by Gasteiger charge is -2.28. The minimum atomic E-state index is -6.19. The van der Waals surface area contributed by atoms with Crippen LogP contribution in [-0.4, -0.2) is 43.9 Å². The molecule has 0 radical (unpaired) electrons. The van der Waals surface area contributed by atoms with Gasteiger partial charge in [-0.15, -0.1) is 9.35 Å². The number of carbonyl (C=O) groups is 2. The van der Waals surface area contributed by atoms with E-state index in [1.54, 1.807) is 12.1 Å². The standard InChI is InChI=1S/C17H15F3N2O5S/c1-3-21(4-2)13-9-8-12-14-10(13)6-5-7-11(14)15(23)22(16(12)24)27-28(25,26)17(18,19)20/h5-9H,3-4H2,1-2H3. The average molecular weight is 416 g/mol. The number of halogens is 3. The normalized spacial score (nSPS) is 14.7. The summed E-state index contributed by atoms with van der Waals surface area (Å²) in [6, 6.07) is 7.41. The summed E-state index contributed by atoms with van der Waals surface area (Å²) in [6.07, 6.45) is 0. The van der Waals surface area contributed by atoms with Crippen LogP contribution in [0.25, 0.3) is 10.8 Å². The molecular weight excluding hydrogens is 401 g/mol. The van der Waals surface area contributed by atoms with Gasteiger partial charge in [-0.2, -0.15) is 21.6 Å². The number of imide groups is 1. The molecule has 0 aliphatic carbocycles. The summed E-state index contributed by atoms with van der Waals surface area (Å²) < 4.78 is 64.3. The van der Waals surface area contributed by atoms with Crippen LogP contribution < -0.4 is 4.90 Å². The predicted octanol–water partition coefficient (Wildman–Crippen LogP) is 3.06. The van der Waals surface area contributed by atoms with Crippen LogP contribution in [0.1, 0.15) is 34.6 Å². The number of rotatable bonds is 5. The Morgan fingerprint density at radius 1 is 1.00 bits per heavy atom. The number of alkyl halides is 3. The van der Waals surface area contributed by atoms with Crippen molar-refractivity contribution in [3.63, 3.8) is 0 Å². The number of amides is 2. The molecule has 3 rings (SSSR count). The number of nitrogens with zero attached hydrogens (tertiary/aromatic N) is 2. The molecule has 11 heteroatoms. The number of hydrogen-bond acceptors (Lipinski definition) is 6. The fourth-order valence-corrected chi connectivity index (χ4v) is 3.52. The largest absolute Gasteiger partial charge is 0.525 e. The van der Waals surface area contributed by atoms with Crippen molar-refractivity contribution in [3.05, 3.63) is 41.5 Å². The Balaban J connectivity index is 2.18. The molecule has 0 bridgehead atoms. The van der Waals surface area contributed by atoms with E-state index in [2.05, 4.69) is 4.28 Å². The van der Waals surface area contributed by atoms with Gasteiger partial charge in [0.05, 0.1) is 11.1 Å². The lowest BCUT2D eigenvalue weighted by Crippen LogP contribution is -2.44. The first-order chi connectivity index (χ1) is 13.0. The minimum Gasteiger partial charge on any atom is -0.372 e. The second-order valence-electron chi connectivity index (χ2n) is 5.91. The monoisotopic (exact) mass is 416 g/mol. The highest BCUT2D eigenvalue weighted by atomic mass is 32.2.